The van der Waals surface area contributed by atoms with Gasteiger partial charge in [-0.1, -0.05) is 12.2 Å². The van der Waals surface area contributed by atoms with Crippen LogP contribution in [-0.4, -0.2) is 11.9 Å². The molecule has 0 aromatic carbocycles. The molecule has 40 valence electrons. The van der Waals surface area contributed by atoms with Crippen LogP contribution < -0.4 is 5.73 Å². The Balaban J connectivity index is 2.32. The molecule has 0 fully saturated rings. The topological polar surface area (TPSA) is 26.0 Å². The summed E-state index contributed by atoms with van der Waals surface area (Å²) in [6.45, 7) is 0. The molecular weight excluding hydrogens is 105 g/mol. The van der Waals surface area contributed by atoms with Gasteiger partial charge in [0.15, 0.2) is 0 Å². The fourth-order valence-corrected chi connectivity index (χ4v) is 1.54. The van der Waals surface area contributed by atoms with Crippen LogP contribution in [0.5, 0.6) is 0 Å². The summed E-state index contributed by atoms with van der Waals surface area (Å²) in [5, 5.41) is 0. The first-order chi connectivity index (χ1) is 3.39. The van der Waals surface area contributed by atoms with Gasteiger partial charge in [0.2, 0.25) is 0 Å². The number of nitrogens with two attached hydrogens (primary N) is 1. The summed E-state index contributed by atoms with van der Waals surface area (Å²) < 4.78 is 0. The maximum atomic E-state index is 5.60. The minimum Gasteiger partial charge on any atom is -0.324 e. The van der Waals surface area contributed by atoms with E-state index >= 15 is 0 Å². The zero-order chi connectivity index (χ0) is 5.11. The molecule has 2 unspecified atom stereocenters. The summed E-state index contributed by atoms with van der Waals surface area (Å²) in [4.78, 5) is 0. The van der Waals surface area contributed by atoms with Crippen molar-refractivity contribution in [2.24, 2.45) is 5.73 Å². The zero-order valence-electron chi connectivity index (χ0n) is 4.22. The highest BCUT2D eigenvalue weighted by atomic mass is 31.1. The van der Waals surface area contributed by atoms with Crippen LogP contribution in [-0.2, 0) is 0 Å². The third kappa shape index (κ3) is 1.58. The van der Waals surface area contributed by atoms with Crippen LogP contribution in [0.2, 0.25) is 0 Å². The second-order valence-electron chi connectivity index (χ2n) is 1.72. The van der Waals surface area contributed by atoms with Crippen molar-refractivity contribution in [3.8, 4) is 0 Å². The van der Waals surface area contributed by atoms with Crippen molar-refractivity contribution in [1.82, 2.24) is 0 Å². The van der Waals surface area contributed by atoms with E-state index in [1.54, 1.807) is 0 Å². The first kappa shape index (κ1) is 5.27. The van der Waals surface area contributed by atoms with Crippen LogP contribution in [0.15, 0.2) is 12.2 Å². The normalized spacial score (nSPS) is 34.1. The molecule has 0 spiro atoms. The fourth-order valence-electron chi connectivity index (χ4n) is 0.629. The monoisotopic (exact) mass is 115 g/mol. The lowest BCUT2D eigenvalue weighted by atomic mass is 10.4. The van der Waals surface area contributed by atoms with E-state index in [-0.39, 0.29) is 0 Å². The molecule has 2 N–H and O–H groups in total. The maximum Gasteiger partial charge on any atom is 0.0251 e. The van der Waals surface area contributed by atoms with E-state index in [4.69, 9.17) is 5.73 Å². The lowest BCUT2D eigenvalue weighted by molar-refractivity contribution is 0.915. The minimum absolute atomic E-state index is 0.477. The minimum atomic E-state index is 0.477. The summed E-state index contributed by atoms with van der Waals surface area (Å²) >= 11 is 0. The van der Waals surface area contributed by atoms with Crippen molar-refractivity contribution >= 4 is 8.58 Å². The van der Waals surface area contributed by atoms with Crippen LogP contribution in [0.4, 0.5) is 0 Å². The van der Waals surface area contributed by atoms with E-state index in [2.05, 4.69) is 12.2 Å². The molecule has 1 heterocycles. The number of hydrogen-bond acceptors (Lipinski definition) is 1. The van der Waals surface area contributed by atoms with E-state index in [0.29, 0.717) is 5.78 Å². The van der Waals surface area contributed by atoms with Crippen LogP contribution in [0.3, 0.4) is 0 Å². The zero-order valence-corrected chi connectivity index (χ0v) is 5.22. The van der Waals surface area contributed by atoms with Gasteiger partial charge in [-0.3, -0.25) is 0 Å². The summed E-state index contributed by atoms with van der Waals surface area (Å²) in [6.07, 6.45) is 6.68. The van der Waals surface area contributed by atoms with E-state index in [9.17, 15) is 0 Å². The molecule has 0 aromatic heterocycles. The van der Waals surface area contributed by atoms with Gasteiger partial charge in [0, 0.05) is 5.78 Å². The molecule has 2 heteroatoms. The molecule has 0 bridgehead atoms. The quantitative estimate of drug-likeness (QED) is 0.368. The molecular formula is C5H10NP. The maximum absolute atomic E-state index is 5.60. The molecule has 0 aromatic rings. The Morgan fingerprint density at radius 1 is 1.57 bits per heavy atom. The van der Waals surface area contributed by atoms with Gasteiger partial charge in [-0.05, 0) is 12.6 Å². The Kier molecular flexibility index (Phi) is 1.84. The Bertz CT molecular complexity index is 80.1. The average molecular weight is 115 g/mol. The number of hydrogen-bond donors (Lipinski definition) is 1. The van der Waals surface area contributed by atoms with Crippen molar-refractivity contribution < 1.29 is 0 Å². The van der Waals surface area contributed by atoms with Crippen LogP contribution >= 0.6 is 8.58 Å². The van der Waals surface area contributed by atoms with Gasteiger partial charge in [-0.2, -0.15) is 0 Å². The Morgan fingerprint density at radius 2 is 2.43 bits per heavy atom. The molecule has 0 amide bonds. The second-order valence-corrected chi connectivity index (χ2v) is 3.28. The highest BCUT2D eigenvalue weighted by Gasteiger charge is 2.00. The van der Waals surface area contributed by atoms with Crippen LogP contribution in [0.1, 0.15) is 6.42 Å². The first-order valence-corrected chi connectivity index (χ1v) is 3.82. The largest absolute Gasteiger partial charge is 0.324 e. The van der Waals surface area contributed by atoms with E-state index < -0.39 is 0 Å². The number of rotatable bonds is 0. The molecule has 7 heavy (non-hydrogen) atoms. The highest BCUT2D eigenvalue weighted by molar-refractivity contribution is 7.39. The van der Waals surface area contributed by atoms with Gasteiger partial charge < -0.3 is 5.73 Å². The molecule has 1 rings (SSSR count). The summed E-state index contributed by atoms with van der Waals surface area (Å²) in [5.74, 6) is 0.477. The Morgan fingerprint density at radius 3 is 2.71 bits per heavy atom. The molecule has 1 nitrogen and oxygen atoms in total. The first-order valence-electron chi connectivity index (χ1n) is 2.53. The van der Waals surface area contributed by atoms with Gasteiger partial charge in [0.05, 0.1) is 0 Å². The average Bonchev–Trinajstić information content (AvgIpc) is 1.69. The molecule has 0 saturated heterocycles. The third-order valence-corrected chi connectivity index (χ3v) is 2.29. The van der Waals surface area contributed by atoms with Crippen molar-refractivity contribution in [3.63, 3.8) is 0 Å². The molecule has 0 radical (unpaired) electrons. The van der Waals surface area contributed by atoms with E-state index in [0.717, 1.165) is 15.0 Å². The standard InChI is InChI=1S/C5H10NP/c6-5-3-1-2-4-7-5/h1-2,5,7H,3-4,6H2. The SMILES string of the molecule is NC1CC=CCP1. The number of allylic oxidation sites excluding steroid dienone is 1. The lowest BCUT2D eigenvalue weighted by Crippen LogP contribution is -2.14. The third-order valence-electron chi connectivity index (χ3n) is 1.05. The van der Waals surface area contributed by atoms with Crippen molar-refractivity contribution in [1.29, 1.82) is 0 Å². The summed E-state index contributed by atoms with van der Waals surface area (Å²) in [5.41, 5.74) is 5.60. The van der Waals surface area contributed by atoms with E-state index in [1.165, 1.54) is 6.16 Å². The molecule has 2 atom stereocenters. The highest BCUT2D eigenvalue weighted by Crippen LogP contribution is 2.21. The predicted molar refractivity (Wildman–Crippen MR) is 34.9 cm³/mol. The lowest BCUT2D eigenvalue weighted by Gasteiger charge is -2.10. The van der Waals surface area contributed by atoms with Gasteiger partial charge in [0.25, 0.3) is 0 Å². The van der Waals surface area contributed by atoms with Gasteiger partial charge in [-0.15, -0.1) is 8.58 Å². The van der Waals surface area contributed by atoms with Gasteiger partial charge in [-0.25, -0.2) is 0 Å². The Hall–Kier alpha value is 0.130. The molecule has 0 saturated carbocycles. The summed E-state index contributed by atoms with van der Waals surface area (Å²) in [7, 11) is 0.966. The Labute approximate surface area is 45.8 Å². The van der Waals surface area contributed by atoms with Gasteiger partial charge in [0.1, 0.15) is 0 Å². The smallest absolute Gasteiger partial charge is 0.0251 e. The molecule has 1 aliphatic heterocycles. The van der Waals surface area contributed by atoms with E-state index in [1.807, 2.05) is 0 Å². The van der Waals surface area contributed by atoms with Crippen LogP contribution in [0.25, 0.3) is 0 Å². The fraction of sp³-hybridized carbons (Fsp3) is 0.600. The molecule has 0 aliphatic carbocycles. The second kappa shape index (κ2) is 2.44. The van der Waals surface area contributed by atoms with Crippen molar-refractivity contribution in [2.75, 3.05) is 6.16 Å². The molecule has 1 aliphatic rings. The van der Waals surface area contributed by atoms with Crippen molar-refractivity contribution in [3.05, 3.63) is 12.2 Å². The summed E-state index contributed by atoms with van der Waals surface area (Å²) in [6, 6.07) is 0. The predicted octanol–water partition coefficient (Wildman–Crippen LogP) is 0.910. The van der Waals surface area contributed by atoms with Gasteiger partial charge >= 0.3 is 0 Å². The van der Waals surface area contributed by atoms with Crippen molar-refractivity contribution in [2.45, 2.75) is 12.2 Å². The van der Waals surface area contributed by atoms with Crippen LogP contribution in [0, 0.1) is 0 Å².